The van der Waals surface area contributed by atoms with Crippen LogP contribution >= 0.6 is 0 Å². The summed E-state index contributed by atoms with van der Waals surface area (Å²) in [5.74, 6) is 0.164. The Morgan fingerprint density at radius 3 is 2.42 bits per heavy atom. The van der Waals surface area contributed by atoms with Gasteiger partial charge in [0.25, 0.3) is 0 Å². The second-order valence-corrected chi connectivity index (χ2v) is 8.60. The minimum absolute atomic E-state index is 0.0795. The van der Waals surface area contributed by atoms with E-state index in [-0.39, 0.29) is 35.7 Å². The fourth-order valence-corrected chi connectivity index (χ4v) is 5.53. The van der Waals surface area contributed by atoms with Gasteiger partial charge in [0.05, 0.1) is 12.0 Å². The van der Waals surface area contributed by atoms with Gasteiger partial charge in [-0.1, -0.05) is 27.2 Å². The molecular formula is C19H30O5. The van der Waals surface area contributed by atoms with E-state index in [2.05, 4.69) is 20.8 Å². The Kier molecular flexibility index (Phi) is 4.22. The van der Waals surface area contributed by atoms with Crippen LogP contribution in [0.3, 0.4) is 0 Å². The molecule has 0 aromatic carbocycles. The van der Waals surface area contributed by atoms with Crippen LogP contribution in [0.4, 0.5) is 0 Å². The smallest absolute Gasteiger partial charge is 0.302 e. The van der Waals surface area contributed by atoms with Crippen molar-refractivity contribution >= 4 is 11.9 Å². The normalized spacial score (nSPS) is 43.0. The van der Waals surface area contributed by atoms with Crippen molar-refractivity contribution in [1.29, 1.82) is 0 Å². The number of ether oxygens (including phenoxy) is 3. The Morgan fingerprint density at radius 1 is 1.21 bits per heavy atom. The molecule has 5 heteroatoms. The molecule has 1 aliphatic heterocycles. The molecule has 136 valence electrons. The highest BCUT2D eigenvalue weighted by atomic mass is 16.6. The highest BCUT2D eigenvalue weighted by molar-refractivity contribution is 5.67. The molecule has 0 amide bonds. The van der Waals surface area contributed by atoms with Gasteiger partial charge in [0.2, 0.25) is 0 Å². The minimum atomic E-state index is -0.432. The summed E-state index contributed by atoms with van der Waals surface area (Å²) in [4.78, 5) is 23.4. The van der Waals surface area contributed by atoms with Gasteiger partial charge in [0, 0.05) is 13.8 Å². The van der Waals surface area contributed by atoms with E-state index in [0.29, 0.717) is 18.4 Å². The van der Waals surface area contributed by atoms with Crippen LogP contribution < -0.4 is 0 Å². The Bertz CT molecular complexity index is 536. The Balaban J connectivity index is 2.07. The van der Waals surface area contributed by atoms with Crippen molar-refractivity contribution in [1.82, 2.24) is 0 Å². The summed E-state index contributed by atoms with van der Waals surface area (Å²) in [5.41, 5.74) is -0.655. The Labute approximate surface area is 144 Å². The molecule has 5 atom stereocenters. The maximum absolute atomic E-state index is 11.8. The van der Waals surface area contributed by atoms with Crippen molar-refractivity contribution in [2.24, 2.45) is 22.7 Å². The highest BCUT2D eigenvalue weighted by Crippen LogP contribution is 2.68. The molecule has 0 aromatic rings. The van der Waals surface area contributed by atoms with E-state index in [1.165, 1.54) is 13.8 Å². The monoisotopic (exact) mass is 338 g/mol. The third-order valence-electron chi connectivity index (χ3n) is 7.17. The van der Waals surface area contributed by atoms with Crippen molar-refractivity contribution in [3.05, 3.63) is 0 Å². The second kappa shape index (κ2) is 5.72. The van der Waals surface area contributed by atoms with Crippen LogP contribution in [0.2, 0.25) is 0 Å². The van der Waals surface area contributed by atoms with Gasteiger partial charge in [-0.3, -0.25) is 9.59 Å². The number of carbonyl (C=O) groups is 2. The van der Waals surface area contributed by atoms with E-state index < -0.39 is 5.41 Å². The number of fused-ring (bicyclic) bond motifs is 2. The van der Waals surface area contributed by atoms with Crippen LogP contribution in [0.1, 0.15) is 60.3 Å². The molecule has 3 aliphatic rings. The van der Waals surface area contributed by atoms with Crippen LogP contribution in [-0.2, 0) is 23.8 Å². The first kappa shape index (κ1) is 17.7. The van der Waals surface area contributed by atoms with Crippen LogP contribution in [0.15, 0.2) is 0 Å². The van der Waals surface area contributed by atoms with Gasteiger partial charge in [-0.15, -0.1) is 0 Å². The quantitative estimate of drug-likeness (QED) is 0.584. The largest absolute Gasteiger partial charge is 0.465 e. The zero-order valence-corrected chi connectivity index (χ0v) is 15.5. The van der Waals surface area contributed by atoms with E-state index in [0.717, 1.165) is 25.7 Å². The molecule has 3 fully saturated rings. The van der Waals surface area contributed by atoms with Crippen molar-refractivity contribution < 1.29 is 23.8 Å². The van der Waals surface area contributed by atoms with E-state index in [1.54, 1.807) is 0 Å². The first-order valence-electron chi connectivity index (χ1n) is 9.10. The van der Waals surface area contributed by atoms with Crippen molar-refractivity contribution in [2.75, 3.05) is 13.2 Å². The summed E-state index contributed by atoms with van der Waals surface area (Å²) in [6.45, 7) is 10.7. The summed E-state index contributed by atoms with van der Waals surface area (Å²) in [6, 6.07) is 0. The number of esters is 2. The number of hydrogen-bond donors (Lipinski definition) is 0. The second-order valence-electron chi connectivity index (χ2n) is 8.60. The summed E-state index contributed by atoms with van der Waals surface area (Å²) in [6.07, 6.45) is 3.64. The van der Waals surface area contributed by atoms with Crippen LogP contribution in [0.5, 0.6) is 0 Å². The van der Waals surface area contributed by atoms with Gasteiger partial charge in [0.15, 0.2) is 0 Å². The third-order valence-corrected chi connectivity index (χ3v) is 7.17. The molecule has 2 aliphatic carbocycles. The first-order valence-corrected chi connectivity index (χ1v) is 9.10. The lowest BCUT2D eigenvalue weighted by Crippen LogP contribution is -2.66. The molecule has 5 nitrogen and oxygen atoms in total. The molecule has 0 unspecified atom stereocenters. The van der Waals surface area contributed by atoms with Gasteiger partial charge in [0.1, 0.15) is 18.3 Å². The van der Waals surface area contributed by atoms with Gasteiger partial charge in [-0.2, -0.15) is 0 Å². The molecule has 0 bridgehead atoms. The fourth-order valence-electron chi connectivity index (χ4n) is 5.53. The van der Waals surface area contributed by atoms with Gasteiger partial charge in [-0.25, -0.2) is 0 Å². The van der Waals surface area contributed by atoms with Crippen LogP contribution in [0, 0.1) is 22.7 Å². The molecule has 24 heavy (non-hydrogen) atoms. The molecule has 0 radical (unpaired) electrons. The standard InChI is InChI=1S/C19H30O5/c1-12-9-16(24-14(3)21)19(11-22-13(2)20)15(17(12,4)5)7-6-8-18(19)10-23-18/h12,15-16H,6-11H2,1-5H3/t12-,15+,16+,18+,19+/m1/s1. The maximum atomic E-state index is 11.8. The van der Waals surface area contributed by atoms with Crippen molar-refractivity contribution in [3.63, 3.8) is 0 Å². The van der Waals surface area contributed by atoms with Crippen LogP contribution in [-0.4, -0.2) is 36.9 Å². The molecule has 3 rings (SSSR count). The average molecular weight is 338 g/mol. The predicted octanol–water partition coefficient (Wildman–Crippen LogP) is 3.10. The number of carbonyl (C=O) groups excluding carboxylic acids is 2. The number of epoxide rings is 1. The Morgan fingerprint density at radius 2 is 1.88 bits per heavy atom. The summed E-state index contributed by atoms with van der Waals surface area (Å²) >= 11 is 0. The Hall–Kier alpha value is -1.10. The SMILES string of the molecule is CC(=O)OC[C@@]12[C@@H](OC(C)=O)C[C@@H](C)C(C)(C)[C@@H]1CCC[C@]21CO1. The van der Waals surface area contributed by atoms with Gasteiger partial charge >= 0.3 is 11.9 Å². The van der Waals surface area contributed by atoms with E-state index in [4.69, 9.17) is 14.2 Å². The van der Waals surface area contributed by atoms with Gasteiger partial charge in [-0.05, 0) is 36.5 Å². The zero-order chi connectivity index (χ0) is 17.8. The van der Waals surface area contributed by atoms with Crippen molar-refractivity contribution in [3.8, 4) is 0 Å². The number of hydrogen-bond acceptors (Lipinski definition) is 5. The lowest BCUT2D eigenvalue weighted by atomic mass is 9.44. The fraction of sp³-hybridized carbons (Fsp3) is 0.895. The lowest BCUT2D eigenvalue weighted by Gasteiger charge is -2.62. The molecule has 2 saturated carbocycles. The van der Waals surface area contributed by atoms with Crippen molar-refractivity contribution in [2.45, 2.75) is 72.0 Å². The molecule has 1 heterocycles. The predicted molar refractivity (Wildman–Crippen MR) is 88.2 cm³/mol. The molecule has 1 spiro atoms. The molecular weight excluding hydrogens is 308 g/mol. The van der Waals surface area contributed by atoms with Gasteiger partial charge < -0.3 is 14.2 Å². The molecule has 1 saturated heterocycles. The zero-order valence-electron chi connectivity index (χ0n) is 15.5. The lowest BCUT2D eigenvalue weighted by molar-refractivity contribution is -0.224. The summed E-state index contributed by atoms with van der Waals surface area (Å²) in [7, 11) is 0. The minimum Gasteiger partial charge on any atom is -0.465 e. The van der Waals surface area contributed by atoms with E-state index in [9.17, 15) is 9.59 Å². The van der Waals surface area contributed by atoms with E-state index in [1.807, 2.05) is 0 Å². The molecule has 0 aromatic heterocycles. The third kappa shape index (κ3) is 2.47. The maximum Gasteiger partial charge on any atom is 0.302 e. The number of rotatable bonds is 3. The topological polar surface area (TPSA) is 65.1 Å². The average Bonchev–Trinajstić information content (AvgIpc) is 3.24. The molecule has 0 N–H and O–H groups in total. The van der Waals surface area contributed by atoms with E-state index >= 15 is 0 Å². The van der Waals surface area contributed by atoms with Crippen LogP contribution in [0.25, 0.3) is 0 Å². The summed E-state index contributed by atoms with van der Waals surface area (Å²) in [5, 5.41) is 0. The summed E-state index contributed by atoms with van der Waals surface area (Å²) < 4.78 is 17.4. The highest BCUT2D eigenvalue weighted by Gasteiger charge is 2.74. The first-order chi connectivity index (χ1) is 11.2.